The van der Waals surface area contributed by atoms with Crippen LogP contribution < -0.4 is 5.32 Å². The fourth-order valence-corrected chi connectivity index (χ4v) is 3.06. The summed E-state index contributed by atoms with van der Waals surface area (Å²) < 4.78 is 2.03. The van der Waals surface area contributed by atoms with Crippen molar-refractivity contribution in [2.24, 2.45) is 0 Å². The summed E-state index contributed by atoms with van der Waals surface area (Å²) in [5, 5.41) is 2.73. The molecule has 0 fully saturated rings. The highest BCUT2D eigenvalue weighted by molar-refractivity contribution is 6.07. The number of hydrogen-bond donors (Lipinski definition) is 1. The molecule has 0 aromatic carbocycles. The molecule has 110 valence electrons. The number of carbonyl (C=O) groups is 1. The summed E-state index contributed by atoms with van der Waals surface area (Å²) in [5.41, 5.74) is 3.73. The van der Waals surface area contributed by atoms with Crippen LogP contribution in [0.2, 0.25) is 0 Å². The summed E-state index contributed by atoms with van der Waals surface area (Å²) >= 11 is 0. The van der Waals surface area contributed by atoms with Crippen molar-refractivity contribution >= 4 is 17.5 Å². The lowest BCUT2D eigenvalue weighted by Gasteiger charge is -2.11. The average molecular weight is 293 g/mol. The van der Waals surface area contributed by atoms with Gasteiger partial charge in [0.25, 0.3) is 5.91 Å². The first-order chi connectivity index (χ1) is 10.7. The first kappa shape index (κ1) is 12.9. The largest absolute Gasteiger partial charge is 0.303 e. The Kier molecular flexibility index (Phi) is 2.89. The van der Waals surface area contributed by atoms with Crippen molar-refractivity contribution in [2.75, 3.05) is 5.32 Å². The molecular weight excluding hydrogens is 278 g/mol. The maximum atomic E-state index is 12.6. The van der Waals surface area contributed by atoms with E-state index in [2.05, 4.69) is 27.2 Å². The van der Waals surface area contributed by atoms with Gasteiger partial charge >= 0.3 is 0 Å². The molecule has 6 nitrogen and oxygen atoms in total. The third kappa shape index (κ3) is 1.95. The van der Waals surface area contributed by atoms with Crippen LogP contribution in [0.5, 0.6) is 0 Å². The molecule has 0 saturated heterocycles. The van der Waals surface area contributed by atoms with Crippen LogP contribution >= 0.6 is 0 Å². The van der Waals surface area contributed by atoms with Gasteiger partial charge < -0.3 is 4.40 Å². The minimum atomic E-state index is -0.232. The van der Waals surface area contributed by atoms with E-state index >= 15 is 0 Å². The molecule has 0 unspecified atom stereocenters. The van der Waals surface area contributed by atoms with Crippen LogP contribution in [0.3, 0.4) is 0 Å². The molecule has 1 aliphatic rings. The fourth-order valence-electron chi connectivity index (χ4n) is 3.06. The number of anilines is 1. The summed E-state index contributed by atoms with van der Waals surface area (Å²) in [6.45, 7) is 2.19. The van der Waals surface area contributed by atoms with Crippen LogP contribution in [0.1, 0.15) is 40.9 Å². The molecular formula is C16H15N5O. The normalized spacial score (nSPS) is 16.7. The lowest BCUT2D eigenvalue weighted by atomic mass is 10.0. The van der Waals surface area contributed by atoms with E-state index in [1.807, 2.05) is 16.7 Å². The Morgan fingerprint density at radius 3 is 2.91 bits per heavy atom. The van der Waals surface area contributed by atoms with Gasteiger partial charge in [-0.05, 0) is 36.5 Å². The zero-order valence-electron chi connectivity index (χ0n) is 12.2. The van der Waals surface area contributed by atoms with Crippen LogP contribution in [-0.2, 0) is 6.42 Å². The first-order valence-corrected chi connectivity index (χ1v) is 7.31. The van der Waals surface area contributed by atoms with Crippen LogP contribution in [0.4, 0.5) is 5.95 Å². The van der Waals surface area contributed by atoms with Gasteiger partial charge in [-0.25, -0.2) is 15.0 Å². The molecule has 1 amide bonds. The highest BCUT2D eigenvalue weighted by atomic mass is 16.1. The predicted octanol–water partition coefficient (Wildman–Crippen LogP) is 2.43. The molecule has 22 heavy (non-hydrogen) atoms. The Labute approximate surface area is 127 Å². The molecule has 0 radical (unpaired) electrons. The van der Waals surface area contributed by atoms with Gasteiger partial charge in [0.2, 0.25) is 5.95 Å². The monoisotopic (exact) mass is 293 g/mol. The van der Waals surface area contributed by atoms with Crippen molar-refractivity contribution in [1.82, 2.24) is 19.4 Å². The number of pyridine rings is 1. The minimum Gasteiger partial charge on any atom is -0.303 e. The van der Waals surface area contributed by atoms with E-state index in [1.165, 1.54) is 11.3 Å². The lowest BCUT2D eigenvalue weighted by Crippen LogP contribution is -2.16. The van der Waals surface area contributed by atoms with E-state index in [9.17, 15) is 4.79 Å². The van der Waals surface area contributed by atoms with Gasteiger partial charge in [0.1, 0.15) is 5.65 Å². The van der Waals surface area contributed by atoms with E-state index in [0.29, 0.717) is 23.1 Å². The Balaban J connectivity index is 1.80. The van der Waals surface area contributed by atoms with Gasteiger partial charge in [0, 0.05) is 30.5 Å². The summed E-state index contributed by atoms with van der Waals surface area (Å²) in [4.78, 5) is 25.0. The van der Waals surface area contributed by atoms with Crippen molar-refractivity contribution in [3.8, 4) is 0 Å². The maximum Gasteiger partial charge on any atom is 0.261 e. The highest BCUT2D eigenvalue weighted by Gasteiger charge is 2.25. The van der Waals surface area contributed by atoms with Gasteiger partial charge in [-0.1, -0.05) is 6.92 Å². The number of nitrogens with zero attached hydrogens (tertiary/aromatic N) is 4. The number of nitrogens with one attached hydrogen (secondary N) is 1. The van der Waals surface area contributed by atoms with Gasteiger partial charge in [-0.3, -0.25) is 10.1 Å². The van der Waals surface area contributed by atoms with E-state index in [1.54, 1.807) is 24.7 Å². The molecule has 3 heterocycles. The Morgan fingerprint density at radius 2 is 2.09 bits per heavy atom. The number of imidazole rings is 1. The Hall–Kier alpha value is -2.76. The van der Waals surface area contributed by atoms with E-state index in [0.717, 1.165) is 12.8 Å². The summed E-state index contributed by atoms with van der Waals surface area (Å²) in [6.07, 6.45) is 8.97. The Bertz CT molecular complexity index is 856. The zero-order chi connectivity index (χ0) is 15.1. The van der Waals surface area contributed by atoms with E-state index < -0.39 is 0 Å². The number of rotatable bonds is 2. The number of carbonyl (C=O) groups excluding carboxylic acids is 1. The number of aromatic nitrogens is 4. The molecule has 0 spiro atoms. The van der Waals surface area contributed by atoms with Crippen molar-refractivity contribution in [2.45, 2.75) is 25.7 Å². The SMILES string of the molecule is C[C@H]1CCc2c1cc(C(=O)Nc1ncccn1)c1nccn21. The minimum absolute atomic E-state index is 0.232. The van der Waals surface area contributed by atoms with Gasteiger partial charge in [-0.15, -0.1) is 0 Å². The van der Waals surface area contributed by atoms with E-state index in [-0.39, 0.29) is 5.91 Å². The quantitative estimate of drug-likeness (QED) is 0.787. The van der Waals surface area contributed by atoms with Gasteiger partial charge in [0.15, 0.2) is 0 Å². The first-order valence-electron chi connectivity index (χ1n) is 7.31. The smallest absolute Gasteiger partial charge is 0.261 e. The molecule has 4 rings (SSSR count). The third-order valence-electron chi connectivity index (χ3n) is 4.19. The van der Waals surface area contributed by atoms with Crippen LogP contribution in [0, 0.1) is 0 Å². The second-order valence-electron chi connectivity index (χ2n) is 5.55. The molecule has 0 aliphatic heterocycles. The topological polar surface area (TPSA) is 72.2 Å². The highest BCUT2D eigenvalue weighted by Crippen LogP contribution is 2.34. The fraction of sp³-hybridized carbons (Fsp3) is 0.250. The number of aryl methyl sites for hydroxylation is 1. The summed E-state index contributed by atoms with van der Waals surface area (Å²) in [5.74, 6) is 0.524. The van der Waals surface area contributed by atoms with Crippen molar-refractivity contribution in [1.29, 1.82) is 0 Å². The summed E-state index contributed by atoms with van der Waals surface area (Å²) in [6, 6.07) is 3.67. The van der Waals surface area contributed by atoms with Gasteiger partial charge in [0.05, 0.1) is 5.56 Å². The molecule has 1 N–H and O–H groups in total. The maximum absolute atomic E-state index is 12.6. The molecule has 3 aromatic heterocycles. The standard InChI is InChI=1S/C16H15N5O/c1-10-3-4-13-11(10)9-12(14-17-7-8-21(13)14)15(22)20-16-18-5-2-6-19-16/h2,5-10H,3-4H2,1H3,(H,18,19,20,22)/t10-/m0/s1. The molecule has 6 heteroatoms. The molecule has 1 atom stereocenters. The Morgan fingerprint density at radius 1 is 1.27 bits per heavy atom. The predicted molar refractivity (Wildman–Crippen MR) is 81.9 cm³/mol. The third-order valence-corrected chi connectivity index (χ3v) is 4.19. The summed E-state index contributed by atoms with van der Waals surface area (Å²) in [7, 11) is 0. The van der Waals surface area contributed by atoms with Crippen molar-refractivity contribution < 1.29 is 4.79 Å². The van der Waals surface area contributed by atoms with Crippen molar-refractivity contribution in [3.63, 3.8) is 0 Å². The second kappa shape index (κ2) is 4.91. The number of amides is 1. The second-order valence-corrected chi connectivity index (χ2v) is 5.55. The lowest BCUT2D eigenvalue weighted by molar-refractivity contribution is 0.102. The average Bonchev–Trinajstić information content (AvgIpc) is 3.14. The van der Waals surface area contributed by atoms with Crippen LogP contribution in [0.15, 0.2) is 36.9 Å². The molecule has 3 aromatic rings. The number of hydrogen-bond acceptors (Lipinski definition) is 4. The molecule has 0 bridgehead atoms. The molecule has 0 saturated carbocycles. The van der Waals surface area contributed by atoms with Crippen molar-refractivity contribution in [3.05, 3.63) is 53.7 Å². The van der Waals surface area contributed by atoms with Crippen LogP contribution in [-0.4, -0.2) is 25.3 Å². The molecule has 1 aliphatic carbocycles. The zero-order valence-corrected chi connectivity index (χ0v) is 12.2. The van der Waals surface area contributed by atoms with E-state index in [4.69, 9.17) is 0 Å². The van der Waals surface area contributed by atoms with Gasteiger partial charge in [-0.2, -0.15) is 0 Å². The van der Waals surface area contributed by atoms with Crippen LogP contribution in [0.25, 0.3) is 5.65 Å². The number of fused-ring (bicyclic) bond motifs is 3.